The van der Waals surface area contributed by atoms with Gasteiger partial charge in [0, 0.05) is 6.42 Å². The summed E-state index contributed by atoms with van der Waals surface area (Å²) in [7, 11) is -4.75. The van der Waals surface area contributed by atoms with Crippen LogP contribution in [-0.2, 0) is 24.1 Å². The van der Waals surface area contributed by atoms with Crippen LogP contribution in [0.3, 0.4) is 0 Å². The molecule has 24 heavy (non-hydrogen) atoms. The fraction of sp³-hybridized carbons (Fsp3) is 0.938. The van der Waals surface area contributed by atoms with Crippen molar-refractivity contribution in [3.63, 3.8) is 0 Å². The second-order valence-electron chi connectivity index (χ2n) is 5.93. The zero-order chi connectivity index (χ0) is 17.6. The molecule has 138 valence electrons. The number of esters is 1. The van der Waals surface area contributed by atoms with Gasteiger partial charge >= 0.3 is 35.5 Å². The standard InChI is InChI=1S/C16H32O6S.Na/c1-3-4-5-6-7-8-9-10-11-12-13-16(17)21-14-15(2)22-23(18,19)20;/h15H,3-14H2,1-2H3,(H,18,19,20);/q;+1/p-1. The number of hydrogen-bond acceptors (Lipinski definition) is 6. The number of carbonyl (C=O) groups excluding carboxylic acids is 1. The summed E-state index contributed by atoms with van der Waals surface area (Å²) in [5.74, 6) is -0.386. The van der Waals surface area contributed by atoms with Crippen molar-refractivity contribution in [3.05, 3.63) is 0 Å². The first-order valence-corrected chi connectivity index (χ1v) is 9.98. The minimum atomic E-state index is -4.75. The predicted molar refractivity (Wildman–Crippen MR) is 87.7 cm³/mol. The van der Waals surface area contributed by atoms with E-state index in [0.717, 1.165) is 19.3 Å². The number of unbranched alkanes of at least 4 members (excludes halogenated alkanes) is 9. The number of hydrogen-bond donors (Lipinski definition) is 0. The van der Waals surface area contributed by atoms with Crippen LogP contribution in [0, 0.1) is 0 Å². The van der Waals surface area contributed by atoms with Crippen LogP contribution in [0.25, 0.3) is 0 Å². The predicted octanol–water partition coefficient (Wildman–Crippen LogP) is 0.710. The first kappa shape index (κ1) is 26.6. The molecule has 0 rings (SSSR count). The quantitative estimate of drug-likeness (QED) is 0.138. The van der Waals surface area contributed by atoms with Gasteiger partial charge in [0.05, 0.1) is 0 Å². The summed E-state index contributed by atoms with van der Waals surface area (Å²) in [5.41, 5.74) is 0. The average molecular weight is 374 g/mol. The Bertz CT molecular complexity index is 399. The molecule has 8 heteroatoms. The number of ether oxygens (including phenoxy) is 1. The van der Waals surface area contributed by atoms with E-state index in [2.05, 4.69) is 11.1 Å². The van der Waals surface area contributed by atoms with Crippen molar-refractivity contribution < 1.29 is 56.2 Å². The minimum Gasteiger partial charge on any atom is -0.726 e. The van der Waals surface area contributed by atoms with Crippen molar-refractivity contribution >= 4 is 16.4 Å². The van der Waals surface area contributed by atoms with E-state index in [1.807, 2.05) is 0 Å². The third kappa shape index (κ3) is 20.4. The summed E-state index contributed by atoms with van der Waals surface area (Å²) in [6.45, 7) is 3.35. The molecule has 0 aliphatic rings. The summed E-state index contributed by atoms with van der Waals surface area (Å²) in [6, 6.07) is 0. The Hall–Kier alpha value is 0.340. The molecule has 1 atom stereocenters. The molecule has 0 saturated heterocycles. The topological polar surface area (TPSA) is 92.7 Å². The van der Waals surface area contributed by atoms with Crippen molar-refractivity contribution in [1.82, 2.24) is 0 Å². The van der Waals surface area contributed by atoms with E-state index >= 15 is 0 Å². The Morgan fingerprint density at radius 2 is 1.42 bits per heavy atom. The minimum absolute atomic E-state index is 0. The van der Waals surface area contributed by atoms with Crippen LogP contribution in [0.5, 0.6) is 0 Å². The molecule has 0 aromatic carbocycles. The van der Waals surface area contributed by atoms with E-state index in [4.69, 9.17) is 4.74 Å². The van der Waals surface area contributed by atoms with E-state index in [-0.39, 0.29) is 42.1 Å². The van der Waals surface area contributed by atoms with E-state index in [1.165, 1.54) is 51.9 Å². The number of carbonyl (C=O) groups is 1. The van der Waals surface area contributed by atoms with Gasteiger partial charge in [-0.1, -0.05) is 64.7 Å². The fourth-order valence-electron chi connectivity index (χ4n) is 2.27. The van der Waals surface area contributed by atoms with Gasteiger partial charge in [-0.3, -0.25) is 8.98 Å². The molecule has 0 spiro atoms. The average Bonchev–Trinajstić information content (AvgIpc) is 2.45. The molecule has 1 unspecified atom stereocenters. The molecule has 0 amide bonds. The van der Waals surface area contributed by atoms with E-state index in [1.54, 1.807) is 0 Å². The third-order valence-corrected chi connectivity index (χ3v) is 4.06. The molecule has 0 aromatic heterocycles. The van der Waals surface area contributed by atoms with Gasteiger partial charge in [-0.15, -0.1) is 0 Å². The molecule has 0 fully saturated rings. The second-order valence-corrected chi connectivity index (χ2v) is 6.94. The Kier molecular flexibility index (Phi) is 18.6. The van der Waals surface area contributed by atoms with Crippen molar-refractivity contribution in [2.75, 3.05) is 6.61 Å². The van der Waals surface area contributed by atoms with E-state index in [9.17, 15) is 17.8 Å². The molecule has 0 radical (unpaired) electrons. The van der Waals surface area contributed by atoms with Crippen LogP contribution in [0.1, 0.15) is 84.5 Å². The Labute approximate surface area is 169 Å². The summed E-state index contributed by atoms with van der Waals surface area (Å²) in [4.78, 5) is 11.4. The Morgan fingerprint density at radius 3 is 1.88 bits per heavy atom. The van der Waals surface area contributed by atoms with Crippen LogP contribution in [0.15, 0.2) is 0 Å². The van der Waals surface area contributed by atoms with Crippen LogP contribution in [0.2, 0.25) is 0 Å². The molecule has 0 heterocycles. The van der Waals surface area contributed by atoms with Gasteiger partial charge in [0.25, 0.3) is 0 Å². The van der Waals surface area contributed by atoms with Crippen LogP contribution in [0.4, 0.5) is 0 Å². The van der Waals surface area contributed by atoms with E-state index < -0.39 is 16.5 Å². The molecule has 0 aliphatic heterocycles. The molecular weight excluding hydrogens is 343 g/mol. The van der Waals surface area contributed by atoms with Crippen molar-refractivity contribution in [2.45, 2.75) is 90.6 Å². The molecule has 0 aromatic rings. The van der Waals surface area contributed by atoms with Gasteiger partial charge in [-0.05, 0) is 13.3 Å². The Balaban J connectivity index is 0. The SMILES string of the molecule is CCCCCCCCCCCCC(=O)OCC(C)OS(=O)(=O)[O-].[Na+]. The molecule has 0 aliphatic carbocycles. The molecule has 0 saturated carbocycles. The fourth-order valence-corrected chi connectivity index (χ4v) is 2.73. The van der Waals surface area contributed by atoms with Crippen LogP contribution in [-0.4, -0.2) is 31.7 Å². The van der Waals surface area contributed by atoms with Gasteiger partial charge in [0.2, 0.25) is 10.4 Å². The maximum atomic E-state index is 11.4. The normalized spacial score (nSPS) is 12.5. The first-order valence-electron chi connectivity index (χ1n) is 8.65. The van der Waals surface area contributed by atoms with Crippen LogP contribution >= 0.6 is 0 Å². The second kappa shape index (κ2) is 16.8. The van der Waals surface area contributed by atoms with Gasteiger partial charge in [0.1, 0.15) is 12.7 Å². The van der Waals surface area contributed by atoms with E-state index in [0.29, 0.717) is 6.42 Å². The number of rotatable bonds is 15. The summed E-state index contributed by atoms with van der Waals surface area (Å²) < 4.78 is 40.0. The summed E-state index contributed by atoms with van der Waals surface area (Å²) in [5, 5.41) is 0. The van der Waals surface area contributed by atoms with Gasteiger partial charge in [-0.2, -0.15) is 0 Å². The van der Waals surface area contributed by atoms with Crippen molar-refractivity contribution in [2.24, 2.45) is 0 Å². The molecule has 0 bridgehead atoms. The summed E-state index contributed by atoms with van der Waals surface area (Å²) in [6.07, 6.45) is 11.2. The maximum Gasteiger partial charge on any atom is 1.00 e. The Morgan fingerprint density at radius 1 is 0.958 bits per heavy atom. The maximum absolute atomic E-state index is 11.4. The van der Waals surface area contributed by atoms with Crippen molar-refractivity contribution in [3.8, 4) is 0 Å². The smallest absolute Gasteiger partial charge is 0.726 e. The zero-order valence-corrected chi connectivity index (χ0v) is 18.2. The van der Waals surface area contributed by atoms with Gasteiger partial charge in [0.15, 0.2) is 0 Å². The van der Waals surface area contributed by atoms with Gasteiger partial charge in [-0.25, -0.2) is 8.42 Å². The molecule has 0 N–H and O–H groups in total. The largest absolute Gasteiger partial charge is 1.00 e. The third-order valence-electron chi connectivity index (χ3n) is 3.50. The van der Waals surface area contributed by atoms with Crippen molar-refractivity contribution in [1.29, 1.82) is 0 Å². The molecular formula is C16H31NaO6S. The first-order chi connectivity index (χ1) is 10.8. The van der Waals surface area contributed by atoms with Gasteiger partial charge < -0.3 is 9.29 Å². The monoisotopic (exact) mass is 374 g/mol. The molecule has 6 nitrogen and oxygen atoms in total. The van der Waals surface area contributed by atoms with Crippen LogP contribution < -0.4 is 29.6 Å². The summed E-state index contributed by atoms with van der Waals surface area (Å²) >= 11 is 0. The zero-order valence-electron chi connectivity index (χ0n) is 15.4.